The number of likely N-dealkylation sites (N-methyl/N-ethyl adjacent to an activating group) is 1. The summed E-state index contributed by atoms with van der Waals surface area (Å²) in [6.07, 6.45) is 0.791. The van der Waals surface area contributed by atoms with Crippen LogP contribution in [0.1, 0.15) is 23.1 Å². The highest BCUT2D eigenvalue weighted by Crippen LogP contribution is 2.42. The van der Waals surface area contributed by atoms with Crippen molar-refractivity contribution < 1.29 is 24.1 Å². The van der Waals surface area contributed by atoms with Crippen LogP contribution in [-0.2, 0) is 10.3 Å². The zero-order valence-corrected chi connectivity index (χ0v) is 26.9. The zero-order chi connectivity index (χ0) is 31.6. The van der Waals surface area contributed by atoms with Gasteiger partial charge in [-0.25, -0.2) is 4.79 Å². The van der Waals surface area contributed by atoms with Gasteiger partial charge in [0, 0.05) is 64.9 Å². The SMILES string of the molecule is COc1ccc(C(OCC(CO)CCN2CCN(C(=O)N3CCN(C)CC3)CC2)(c2ccccc2)c2ccc(OC)cc2)cc1. The Balaban J connectivity index is 1.28. The lowest BCUT2D eigenvalue weighted by molar-refractivity contribution is -0.0224. The summed E-state index contributed by atoms with van der Waals surface area (Å²) in [6, 6.07) is 26.4. The van der Waals surface area contributed by atoms with Crippen molar-refractivity contribution in [2.24, 2.45) is 5.92 Å². The predicted octanol–water partition coefficient (Wildman–Crippen LogP) is 4.00. The number of methoxy groups -OCH3 is 2. The predicted molar refractivity (Wildman–Crippen MR) is 176 cm³/mol. The standard InChI is InChI=1S/C36H48N4O5/c1-37-19-23-39(24-20-37)35(42)40-25-21-38(22-26-40)18-17-29(27-41)28-45-36(30-7-5-4-6-8-30,31-9-13-33(43-2)14-10-31)32-11-15-34(44-3)16-12-32/h4-16,29,41H,17-28H2,1-3H3. The van der Waals surface area contributed by atoms with Gasteiger partial charge in [0.1, 0.15) is 17.1 Å². The molecule has 9 nitrogen and oxygen atoms in total. The maximum absolute atomic E-state index is 13.0. The number of nitrogens with zero attached hydrogens (tertiary/aromatic N) is 4. The number of carbonyl (C=O) groups is 1. The summed E-state index contributed by atoms with van der Waals surface area (Å²) in [6.45, 7) is 7.83. The van der Waals surface area contributed by atoms with Crippen molar-refractivity contribution in [1.82, 2.24) is 19.6 Å². The first-order chi connectivity index (χ1) is 22.0. The smallest absolute Gasteiger partial charge is 0.320 e. The van der Waals surface area contributed by atoms with Crippen LogP contribution >= 0.6 is 0 Å². The van der Waals surface area contributed by atoms with Crippen LogP contribution in [0.5, 0.6) is 11.5 Å². The highest BCUT2D eigenvalue weighted by molar-refractivity contribution is 5.74. The molecule has 0 saturated carbocycles. The molecule has 2 aliphatic heterocycles. The molecule has 2 amide bonds. The maximum atomic E-state index is 13.0. The number of hydrogen-bond acceptors (Lipinski definition) is 7. The third-order valence-electron chi connectivity index (χ3n) is 9.24. The van der Waals surface area contributed by atoms with Crippen LogP contribution in [0.15, 0.2) is 78.9 Å². The molecule has 3 aromatic rings. The van der Waals surface area contributed by atoms with Gasteiger partial charge in [0.2, 0.25) is 0 Å². The van der Waals surface area contributed by atoms with E-state index in [0.717, 1.165) is 93.5 Å². The maximum Gasteiger partial charge on any atom is 0.320 e. The lowest BCUT2D eigenvalue weighted by Gasteiger charge is -2.40. The molecular formula is C36H48N4O5. The fourth-order valence-corrected chi connectivity index (χ4v) is 6.27. The van der Waals surface area contributed by atoms with E-state index in [-0.39, 0.29) is 18.6 Å². The number of carbonyl (C=O) groups excluding carboxylic acids is 1. The summed E-state index contributed by atoms with van der Waals surface area (Å²) in [5.41, 5.74) is 2.02. The molecule has 2 fully saturated rings. The third kappa shape index (κ3) is 7.79. The van der Waals surface area contributed by atoms with Gasteiger partial charge in [-0.1, -0.05) is 54.6 Å². The summed E-state index contributed by atoms with van der Waals surface area (Å²) in [5, 5.41) is 10.5. The number of piperazine rings is 2. The molecule has 0 aliphatic carbocycles. The number of amides is 2. The largest absolute Gasteiger partial charge is 0.497 e. The molecular weight excluding hydrogens is 568 g/mol. The van der Waals surface area contributed by atoms with E-state index in [1.54, 1.807) is 14.2 Å². The van der Waals surface area contributed by atoms with E-state index in [1.165, 1.54) is 0 Å². The number of aliphatic hydroxyl groups excluding tert-OH is 1. The Kier molecular flexibility index (Phi) is 11.3. The lowest BCUT2D eigenvalue weighted by atomic mass is 9.80. The van der Waals surface area contributed by atoms with Gasteiger partial charge >= 0.3 is 6.03 Å². The van der Waals surface area contributed by atoms with Crippen molar-refractivity contribution in [1.29, 1.82) is 0 Å². The van der Waals surface area contributed by atoms with Crippen LogP contribution in [-0.4, -0.2) is 124 Å². The minimum absolute atomic E-state index is 0.0257. The fraction of sp³-hybridized carbons (Fsp3) is 0.472. The second-order valence-corrected chi connectivity index (χ2v) is 12.1. The van der Waals surface area contributed by atoms with Crippen molar-refractivity contribution in [3.05, 3.63) is 95.6 Å². The van der Waals surface area contributed by atoms with Crippen LogP contribution in [0.25, 0.3) is 0 Å². The quantitative estimate of drug-likeness (QED) is 0.309. The van der Waals surface area contributed by atoms with Crippen molar-refractivity contribution in [3.8, 4) is 11.5 Å². The first kappa shape index (κ1) is 32.8. The van der Waals surface area contributed by atoms with Gasteiger partial charge in [-0.15, -0.1) is 0 Å². The highest BCUT2D eigenvalue weighted by atomic mass is 16.5. The molecule has 242 valence electrons. The Morgan fingerprint density at radius 3 is 1.71 bits per heavy atom. The number of urea groups is 1. The Hall–Kier alpha value is -3.63. The molecule has 45 heavy (non-hydrogen) atoms. The van der Waals surface area contributed by atoms with Crippen molar-refractivity contribution in [2.75, 3.05) is 93.4 Å². The topological polar surface area (TPSA) is 78.0 Å². The fourth-order valence-electron chi connectivity index (χ4n) is 6.27. The molecule has 3 aromatic carbocycles. The van der Waals surface area contributed by atoms with Crippen LogP contribution in [0.2, 0.25) is 0 Å². The molecule has 1 atom stereocenters. The van der Waals surface area contributed by atoms with Crippen LogP contribution < -0.4 is 9.47 Å². The summed E-state index contributed by atoms with van der Waals surface area (Å²) in [4.78, 5) is 21.7. The molecule has 1 unspecified atom stereocenters. The minimum Gasteiger partial charge on any atom is -0.497 e. The minimum atomic E-state index is -0.914. The van der Waals surface area contributed by atoms with Crippen molar-refractivity contribution >= 4 is 6.03 Å². The Morgan fingerprint density at radius 1 is 0.733 bits per heavy atom. The molecule has 9 heteroatoms. The second kappa shape index (κ2) is 15.6. The number of aliphatic hydroxyl groups is 1. The molecule has 0 radical (unpaired) electrons. The molecule has 0 aromatic heterocycles. The van der Waals surface area contributed by atoms with E-state index >= 15 is 0 Å². The first-order valence-electron chi connectivity index (χ1n) is 16.0. The Bertz CT molecular complexity index is 1270. The van der Waals surface area contributed by atoms with Gasteiger partial charge < -0.3 is 34.0 Å². The van der Waals surface area contributed by atoms with E-state index < -0.39 is 5.60 Å². The monoisotopic (exact) mass is 616 g/mol. The van der Waals surface area contributed by atoms with E-state index in [2.05, 4.69) is 29.0 Å². The van der Waals surface area contributed by atoms with E-state index in [4.69, 9.17) is 14.2 Å². The number of rotatable bonds is 12. The van der Waals surface area contributed by atoms with Crippen LogP contribution in [0.3, 0.4) is 0 Å². The van der Waals surface area contributed by atoms with Gasteiger partial charge in [0.15, 0.2) is 0 Å². The zero-order valence-electron chi connectivity index (χ0n) is 26.9. The average molecular weight is 617 g/mol. The van der Waals surface area contributed by atoms with Crippen LogP contribution in [0.4, 0.5) is 4.79 Å². The molecule has 2 aliphatic rings. The summed E-state index contributed by atoms with van der Waals surface area (Å²) >= 11 is 0. The average Bonchev–Trinajstić information content (AvgIpc) is 3.11. The highest BCUT2D eigenvalue weighted by Gasteiger charge is 2.38. The van der Waals surface area contributed by atoms with E-state index in [0.29, 0.717) is 6.61 Å². The number of hydrogen-bond donors (Lipinski definition) is 1. The Labute approximate surface area is 267 Å². The van der Waals surface area contributed by atoms with Crippen LogP contribution in [0, 0.1) is 5.92 Å². The lowest BCUT2D eigenvalue weighted by Crippen LogP contribution is -2.56. The van der Waals surface area contributed by atoms with E-state index in [1.807, 2.05) is 76.5 Å². The summed E-state index contributed by atoms with van der Waals surface area (Å²) in [7, 11) is 5.43. The van der Waals surface area contributed by atoms with Crippen molar-refractivity contribution in [3.63, 3.8) is 0 Å². The molecule has 2 saturated heterocycles. The molecule has 1 N–H and O–H groups in total. The molecule has 5 rings (SSSR count). The Morgan fingerprint density at radius 2 is 1.22 bits per heavy atom. The molecule has 0 spiro atoms. The third-order valence-corrected chi connectivity index (χ3v) is 9.24. The molecule has 2 heterocycles. The second-order valence-electron chi connectivity index (χ2n) is 12.1. The number of benzene rings is 3. The van der Waals surface area contributed by atoms with Gasteiger partial charge in [0.25, 0.3) is 0 Å². The van der Waals surface area contributed by atoms with Gasteiger partial charge in [-0.05, 0) is 61.0 Å². The van der Waals surface area contributed by atoms with E-state index in [9.17, 15) is 9.90 Å². The van der Waals surface area contributed by atoms with Crippen molar-refractivity contribution in [2.45, 2.75) is 12.0 Å². The van der Waals surface area contributed by atoms with Gasteiger partial charge in [-0.2, -0.15) is 0 Å². The number of ether oxygens (including phenoxy) is 3. The summed E-state index contributed by atoms with van der Waals surface area (Å²) < 4.78 is 18.0. The first-order valence-corrected chi connectivity index (χ1v) is 16.0. The van der Waals surface area contributed by atoms with Gasteiger partial charge in [0.05, 0.1) is 20.8 Å². The molecule has 0 bridgehead atoms. The normalized spacial score (nSPS) is 17.2. The van der Waals surface area contributed by atoms with Gasteiger partial charge in [-0.3, -0.25) is 4.90 Å². The summed E-state index contributed by atoms with van der Waals surface area (Å²) in [5.74, 6) is 1.48.